The van der Waals surface area contributed by atoms with E-state index < -0.39 is 11.2 Å². The molecule has 3 heterocycles. The molecule has 0 aromatic carbocycles. The van der Waals surface area contributed by atoms with Crippen LogP contribution in [0.15, 0.2) is 31.9 Å². The molecule has 0 aliphatic carbocycles. The number of carbonyl (C=O) groups is 1. The average Bonchev–Trinajstić information content (AvgIpc) is 3.29. The molecule has 0 spiro atoms. The Bertz CT molecular complexity index is 1160. The van der Waals surface area contributed by atoms with Gasteiger partial charge in [0, 0.05) is 17.8 Å². The van der Waals surface area contributed by atoms with Crippen molar-refractivity contribution in [2.24, 2.45) is 0 Å². The maximum atomic E-state index is 12.5. The summed E-state index contributed by atoms with van der Waals surface area (Å²) in [5, 5.41) is 19.4. The lowest BCUT2D eigenvalue weighted by Gasteiger charge is -2.06. The van der Waals surface area contributed by atoms with Crippen molar-refractivity contribution in [2.45, 2.75) is 32.0 Å². The molecule has 0 fully saturated rings. The second-order valence-electron chi connectivity index (χ2n) is 5.84. The van der Waals surface area contributed by atoms with Crippen molar-refractivity contribution in [3.8, 4) is 0 Å². The number of aryl methyl sites for hydroxylation is 2. The molecule has 0 atom stereocenters. The number of hydrogen-bond donors (Lipinski definition) is 2. The van der Waals surface area contributed by atoms with Crippen LogP contribution in [0.1, 0.15) is 22.2 Å². The van der Waals surface area contributed by atoms with E-state index in [1.165, 1.54) is 17.4 Å². The summed E-state index contributed by atoms with van der Waals surface area (Å²) in [6.07, 6.45) is 1.52. The van der Waals surface area contributed by atoms with Crippen molar-refractivity contribution in [3.05, 3.63) is 55.6 Å². The summed E-state index contributed by atoms with van der Waals surface area (Å²) in [6, 6.07) is 0. The number of anilines is 1. The third-order valence-corrected chi connectivity index (χ3v) is 5.26. The number of hydrogen-bond acceptors (Lipinski definition) is 10. The third-order valence-electron chi connectivity index (χ3n) is 3.68. The number of nitrogens with one attached hydrogen (secondary N) is 2. The maximum Gasteiger partial charge on any atom is 0.328 e. The van der Waals surface area contributed by atoms with Crippen LogP contribution in [-0.4, -0.2) is 41.6 Å². The number of allylic oxidation sites excluding steroid dienone is 1. The van der Waals surface area contributed by atoms with Gasteiger partial charge in [-0.2, -0.15) is 0 Å². The first-order chi connectivity index (χ1) is 13.9. The number of aromatic nitrogens is 6. The number of aromatic amines is 1. The highest BCUT2D eigenvalue weighted by Crippen LogP contribution is 2.19. The minimum absolute atomic E-state index is 0.0457. The molecule has 0 saturated heterocycles. The molecule has 11 nitrogen and oxygen atoms in total. The van der Waals surface area contributed by atoms with E-state index in [0.717, 1.165) is 21.3 Å². The largest absolute Gasteiger partial charge is 0.416 e. The van der Waals surface area contributed by atoms with Gasteiger partial charge in [-0.25, -0.2) is 4.79 Å². The van der Waals surface area contributed by atoms with Crippen molar-refractivity contribution in [3.63, 3.8) is 0 Å². The molecule has 0 radical (unpaired) electrons. The van der Waals surface area contributed by atoms with Gasteiger partial charge < -0.3 is 9.40 Å². The molecule has 152 valence electrons. The topological polar surface area (TPSA) is 149 Å². The van der Waals surface area contributed by atoms with Crippen LogP contribution >= 0.6 is 23.1 Å². The van der Waals surface area contributed by atoms with Gasteiger partial charge in [0.05, 0.1) is 12.2 Å². The van der Waals surface area contributed by atoms with Gasteiger partial charge in [0.15, 0.2) is 0 Å². The van der Waals surface area contributed by atoms with Gasteiger partial charge in [0.1, 0.15) is 5.01 Å². The predicted octanol–water partition coefficient (Wildman–Crippen LogP) is 0.896. The van der Waals surface area contributed by atoms with E-state index in [9.17, 15) is 14.4 Å². The molecule has 0 saturated carbocycles. The highest BCUT2D eigenvalue weighted by Gasteiger charge is 2.16. The zero-order chi connectivity index (χ0) is 21.0. The summed E-state index contributed by atoms with van der Waals surface area (Å²) in [5.74, 6) is -0.0378. The Balaban J connectivity index is 1.65. The first-order valence-electron chi connectivity index (χ1n) is 8.36. The summed E-state index contributed by atoms with van der Waals surface area (Å²) in [4.78, 5) is 39.0. The summed E-state index contributed by atoms with van der Waals surface area (Å²) < 4.78 is 6.55. The normalized spacial score (nSPS) is 10.8. The molecule has 0 bridgehead atoms. The lowest BCUT2D eigenvalue weighted by atomic mass is 10.1. The number of carbonyl (C=O) groups excluding carboxylic acids is 1. The van der Waals surface area contributed by atoms with Gasteiger partial charge in [-0.3, -0.25) is 19.5 Å². The van der Waals surface area contributed by atoms with Crippen LogP contribution in [0.3, 0.4) is 0 Å². The molecule has 2 N–H and O–H groups in total. The fourth-order valence-corrected chi connectivity index (χ4v) is 3.56. The Morgan fingerprint density at radius 1 is 1.31 bits per heavy atom. The van der Waals surface area contributed by atoms with E-state index in [-0.39, 0.29) is 35.7 Å². The smallest absolute Gasteiger partial charge is 0.328 e. The molecular weight excluding hydrogens is 418 g/mol. The molecule has 0 unspecified atom stereocenters. The Labute approximate surface area is 172 Å². The number of thioether (sulfide) groups is 1. The maximum absolute atomic E-state index is 12.5. The van der Waals surface area contributed by atoms with E-state index in [1.807, 2.05) is 0 Å². The van der Waals surface area contributed by atoms with Gasteiger partial charge in [0.25, 0.3) is 10.8 Å². The first kappa shape index (κ1) is 20.7. The van der Waals surface area contributed by atoms with Crippen LogP contribution < -0.4 is 16.6 Å². The van der Waals surface area contributed by atoms with Crippen LogP contribution in [0.4, 0.5) is 5.13 Å². The molecule has 3 aromatic heterocycles. The van der Waals surface area contributed by atoms with Gasteiger partial charge in [-0.05, 0) is 13.8 Å². The second kappa shape index (κ2) is 8.96. The van der Waals surface area contributed by atoms with E-state index >= 15 is 0 Å². The quantitative estimate of drug-likeness (QED) is 0.389. The highest BCUT2D eigenvalue weighted by molar-refractivity contribution is 7.99. The van der Waals surface area contributed by atoms with Crippen molar-refractivity contribution in [1.82, 2.24) is 29.9 Å². The molecule has 3 aromatic rings. The second-order valence-corrected chi connectivity index (χ2v) is 7.95. The Kier molecular flexibility index (Phi) is 6.39. The molecule has 3 rings (SSSR count). The lowest BCUT2D eigenvalue weighted by Crippen LogP contribution is -2.37. The van der Waals surface area contributed by atoms with E-state index in [4.69, 9.17) is 4.42 Å². The summed E-state index contributed by atoms with van der Waals surface area (Å²) in [6.45, 7) is 7.05. The number of rotatable bonds is 8. The fraction of sp³-hybridized carbons (Fsp3) is 0.312. The third kappa shape index (κ3) is 5.06. The predicted molar refractivity (Wildman–Crippen MR) is 107 cm³/mol. The Hall–Kier alpha value is -3.06. The van der Waals surface area contributed by atoms with Gasteiger partial charge in [-0.1, -0.05) is 29.2 Å². The zero-order valence-corrected chi connectivity index (χ0v) is 17.2. The Morgan fingerprint density at radius 2 is 2.10 bits per heavy atom. The number of nitrogens with zero attached hydrogens (tertiary/aromatic N) is 5. The lowest BCUT2D eigenvalue weighted by molar-refractivity contribution is -0.113. The van der Waals surface area contributed by atoms with E-state index in [2.05, 4.69) is 37.3 Å². The van der Waals surface area contributed by atoms with Gasteiger partial charge in [0.2, 0.25) is 16.9 Å². The molecule has 0 aliphatic rings. The molecule has 0 aliphatic heterocycles. The summed E-state index contributed by atoms with van der Waals surface area (Å²) in [7, 11) is 0. The van der Waals surface area contributed by atoms with Crippen molar-refractivity contribution < 1.29 is 9.21 Å². The van der Waals surface area contributed by atoms with Gasteiger partial charge in [-0.15, -0.1) is 27.0 Å². The minimum Gasteiger partial charge on any atom is -0.416 e. The summed E-state index contributed by atoms with van der Waals surface area (Å²) >= 11 is 2.33. The van der Waals surface area contributed by atoms with E-state index in [1.54, 1.807) is 13.8 Å². The van der Waals surface area contributed by atoms with Crippen LogP contribution in [0.5, 0.6) is 0 Å². The van der Waals surface area contributed by atoms with E-state index in [0.29, 0.717) is 16.4 Å². The zero-order valence-electron chi connectivity index (χ0n) is 15.6. The number of H-pyrrole nitrogens is 1. The van der Waals surface area contributed by atoms with Crippen LogP contribution in [-0.2, 0) is 17.8 Å². The van der Waals surface area contributed by atoms with Crippen molar-refractivity contribution in [1.29, 1.82) is 0 Å². The van der Waals surface area contributed by atoms with Gasteiger partial charge >= 0.3 is 5.69 Å². The number of amides is 1. The standard InChI is InChI=1S/C16H17N7O4S2/c1-4-5-23-13(25)10(8(2)17-15(23)26)6-12-20-22-16(27-12)28-7-11(24)18-14-21-19-9(3)29-14/h4H,1,5-7H2,2-3H3,(H,17,26)(H,18,21,24). The molecule has 13 heteroatoms. The average molecular weight is 435 g/mol. The van der Waals surface area contributed by atoms with Crippen LogP contribution in [0.2, 0.25) is 0 Å². The highest BCUT2D eigenvalue weighted by atomic mass is 32.2. The Morgan fingerprint density at radius 3 is 2.79 bits per heavy atom. The van der Waals surface area contributed by atoms with Crippen LogP contribution in [0, 0.1) is 13.8 Å². The minimum atomic E-state index is -0.505. The molecule has 29 heavy (non-hydrogen) atoms. The molecule has 1 amide bonds. The first-order valence-corrected chi connectivity index (χ1v) is 10.2. The SMILES string of the molecule is C=CCn1c(=O)[nH]c(C)c(Cc2nnc(SCC(=O)Nc3nnc(C)s3)o2)c1=O. The summed E-state index contributed by atoms with van der Waals surface area (Å²) in [5.41, 5.74) is -0.171. The monoisotopic (exact) mass is 435 g/mol. The van der Waals surface area contributed by atoms with Crippen LogP contribution in [0.25, 0.3) is 0 Å². The van der Waals surface area contributed by atoms with Crippen molar-refractivity contribution in [2.75, 3.05) is 11.1 Å². The fourth-order valence-electron chi connectivity index (χ4n) is 2.37. The molecular formula is C16H17N7O4S2. The van der Waals surface area contributed by atoms with Crippen molar-refractivity contribution >= 4 is 34.1 Å².